The average molecular weight is 389 g/mol. The lowest BCUT2D eigenvalue weighted by atomic mass is 10.1. The van der Waals surface area contributed by atoms with E-state index in [-0.39, 0.29) is 24.8 Å². The number of oxime groups is 1. The Morgan fingerprint density at radius 2 is 1.70 bits per heavy atom. The molecule has 4 N–H and O–H groups in total. The normalized spacial score (nSPS) is 11.0. The number of hydrogen-bond acceptors (Lipinski definition) is 4. The maximum Gasteiger partial charge on any atom is 0.265 e. The van der Waals surface area contributed by atoms with Crippen LogP contribution in [0, 0.1) is 13.8 Å². The number of nitrogens with one attached hydrogen (secondary N) is 2. The number of hydrogen-bond donors (Lipinski definition) is 3. The van der Waals surface area contributed by atoms with E-state index in [0.717, 1.165) is 16.8 Å². The Morgan fingerprint density at radius 3 is 2.37 bits per heavy atom. The third-order valence-electron chi connectivity index (χ3n) is 3.61. The zero-order chi connectivity index (χ0) is 19.8. The second kappa shape index (κ2) is 9.59. The Morgan fingerprint density at radius 1 is 1.04 bits per heavy atom. The Labute approximate surface area is 162 Å². The molecule has 0 saturated heterocycles. The summed E-state index contributed by atoms with van der Waals surface area (Å²) in [5, 5.41) is 9.39. The maximum atomic E-state index is 12.0. The first kappa shape index (κ1) is 20.3. The molecule has 0 aromatic heterocycles. The van der Waals surface area contributed by atoms with Crippen molar-refractivity contribution in [3.8, 4) is 0 Å². The highest BCUT2D eigenvalue weighted by molar-refractivity contribution is 6.33. The van der Waals surface area contributed by atoms with Crippen LogP contribution in [-0.4, -0.2) is 24.3 Å². The van der Waals surface area contributed by atoms with E-state index in [2.05, 4.69) is 15.8 Å². The van der Waals surface area contributed by atoms with E-state index in [0.29, 0.717) is 10.7 Å². The summed E-state index contributed by atoms with van der Waals surface area (Å²) in [6.45, 7) is 3.48. The molecule has 0 aliphatic rings. The fraction of sp³-hybridized carbons (Fsp3) is 0.211. The second-order valence-corrected chi connectivity index (χ2v) is 6.28. The van der Waals surface area contributed by atoms with Crippen LogP contribution in [0.25, 0.3) is 0 Å². The molecule has 8 heteroatoms. The average Bonchev–Trinajstić information content (AvgIpc) is 2.60. The van der Waals surface area contributed by atoms with Crippen molar-refractivity contribution >= 4 is 40.6 Å². The Bertz CT molecular complexity index is 848. The molecule has 2 aromatic rings. The number of carbonyl (C=O) groups excluding carboxylic acids is 2. The van der Waals surface area contributed by atoms with E-state index in [4.69, 9.17) is 22.2 Å². The molecule has 0 bridgehead atoms. The highest BCUT2D eigenvalue weighted by Crippen LogP contribution is 2.20. The van der Waals surface area contributed by atoms with Gasteiger partial charge in [-0.15, -0.1) is 0 Å². The van der Waals surface area contributed by atoms with Gasteiger partial charge in [-0.1, -0.05) is 47.1 Å². The van der Waals surface area contributed by atoms with Gasteiger partial charge in [-0.3, -0.25) is 9.59 Å². The van der Waals surface area contributed by atoms with Crippen LogP contribution in [0.5, 0.6) is 0 Å². The quantitative estimate of drug-likeness (QED) is 0.384. The molecule has 0 aliphatic heterocycles. The number of benzene rings is 2. The summed E-state index contributed by atoms with van der Waals surface area (Å²) in [7, 11) is 0. The van der Waals surface area contributed by atoms with Gasteiger partial charge in [0, 0.05) is 5.69 Å². The van der Waals surface area contributed by atoms with Crippen LogP contribution < -0.4 is 16.4 Å². The van der Waals surface area contributed by atoms with Crippen molar-refractivity contribution in [2.45, 2.75) is 20.3 Å². The van der Waals surface area contributed by atoms with E-state index in [1.807, 2.05) is 32.0 Å². The van der Waals surface area contributed by atoms with Crippen LogP contribution in [-0.2, 0) is 14.4 Å². The topological polar surface area (TPSA) is 106 Å². The molecule has 27 heavy (non-hydrogen) atoms. The Kier molecular flexibility index (Phi) is 7.19. The first-order valence-electron chi connectivity index (χ1n) is 8.21. The van der Waals surface area contributed by atoms with E-state index >= 15 is 0 Å². The first-order valence-corrected chi connectivity index (χ1v) is 8.59. The molecule has 0 atom stereocenters. The van der Waals surface area contributed by atoms with Crippen LogP contribution in [0.2, 0.25) is 5.02 Å². The molecule has 142 valence electrons. The Hall–Kier alpha value is -3.06. The maximum absolute atomic E-state index is 12.0. The van der Waals surface area contributed by atoms with Gasteiger partial charge in [-0.2, -0.15) is 0 Å². The van der Waals surface area contributed by atoms with Crippen molar-refractivity contribution in [2.24, 2.45) is 10.9 Å². The lowest BCUT2D eigenvalue weighted by Gasteiger charge is -2.11. The largest absolute Gasteiger partial charge is 0.384 e. The first-order chi connectivity index (χ1) is 12.9. The fourth-order valence-corrected chi connectivity index (χ4v) is 2.50. The van der Waals surface area contributed by atoms with Crippen molar-refractivity contribution in [3.05, 3.63) is 58.6 Å². The molecule has 0 heterocycles. The van der Waals surface area contributed by atoms with Gasteiger partial charge in [-0.25, -0.2) is 0 Å². The van der Waals surface area contributed by atoms with Gasteiger partial charge in [0.2, 0.25) is 5.91 Å². The number of nitrogens with two attached hydrogens (primary N) is 1. The van der Waals surface area contributed by atoms with Gasteiger partial charge in [-0.05, 0) is 37.1 Å². The number of halogens is 1. The zero-order valence-corrected chi connectivity index (χ0v) is 15.8. The van der Waals surface area contributed by atoms with Crippen molar-refractivity contribution in [2.75, 3.05) is 17.2 Å². The summed E-state index contributed by atoms with van der Waals surface area (Å²) in [5.41, 5.74) is 8.76. The van der Waals surface area contributed by atoms with E-state index in [9.17, 15) is 9.59 Å². The molecular formula is C19H21ClN4O3. The molecule has 0 spiro atoms. The minimum absolute atomic E-state index is 0.0561. The van der Waals surface area contributed by atoms with Gasteiger partial charge in [0.15, 0.2) is 6.61 Å². The highest BCUT2D eigenvalue weighted by Gasteiger charge is 2.10. The number of carbonyl (C=O) groups is 2. The van der Waals surface area contributed by atoms with Crippen molar-refractivity contribution in [3.63, 3.8) is 0 Å². The highest BCUT2D eigenvalue weighted by atomic mass is 35.5. The van der Waals surface area contributed by atoms with Crippen LogP contribution >= 0.6 is 11.6 Å². The van der Waals surface area contributed by atoms with Crippen molar-refractivity contribution < 1.29 is 14.4 Å². The standard InChI is InChI=1S/C19H21ClN4O3/c1-12-6-5-7-13(2)19(12)23-18(26)11-27-24-16(21)10-17(25)22-15-9-4-3-8-14(15)20/h3-9H,10-11H2,1-2H3,(H2,21,24)(H,22,25)(H,23,26). The number of aryl methyl sites for hydroxylation is 2. The molecule has 0 radical (unpaired) electrons. The van der Waals surface area contributed by atoms with Gasteiger partial charge < -0.3 is 21.2 Å². The summed E-state index contributed by atoms with van der Waals surface area (Å²) >= 11 is 5.97. The van der Waals surface area contributed by atoms with Crippen LogP contribution in [0.1, 0.15) is 17.5 Å². The van der Waals surface area contributed by atoms with Crippen LogP contribution in [0.15, 0.2) is 47.6 Å². The Balaban J connectivity index is 1.80. The number of nitrogens with zero attached hydrogens (tertiary/aromatic N) is 1. The van der Waals surface area contributed by atoms with Crippen LogP contribution in [0.4, 0.5) is 11.4 Å². The van der Waals surface area contributed by atoms with E-state index < -0.39 is 5.91 Å². The van der Waals surface area contributed by atoms with Gasteiger partial charge >= 0.3 is 0 Å². The van der Waals surface area contributed by atoms with Crippen LogP contribution in [0.3, 0.4) is 0 Å². The van der Waals surface area contributed by atoms with E-state index in [1.165, 1.54) is 0 Å². The molecule has 0 unspecified atom stereocenters. The number of amidine groups is 1. The number of amides is 2. The van der Waals surface area contributed by atoms with Gasteiger partial charge in [0.1, 0.15) is 5.84 Å². The predicted octanol–water partition coefficient (Wildman–Crippen LogP) is 3.21. The van der Waals surface area contributed by atoms with Gasteiger partial charge in [0.05, 0.1) is 17.1 Å². The third-order valence-corrected chi connectivity index (χ3v) is 3.94. The minimum Gasteiger partial charge on any atom is -0.384 e. The molecule has 2 rings (SSSR count). The lowest BCUT2D eigenvalue weighted by Crippen LogP contribution is -2.23. The van der Waals surface area contributed by atoms with E-state index in [1.54, 1.807) is 24.3 Å². The molecule has 7 nitrogen and oxygen atoms in total. The van der Waals surface area contributed by atoms with Crippen molar-refractivity contribution in [1.82, 2.24) is 0 Å². The third kappa shape index (κ3) is 6.31. The predicted molar refractivity (Wildman–Crippen MR) is 107 cm³/mol. The zero-order valence-electron chi connectivity index (χ0n) is 15.1. The summed E-state index contributed by atoms with van der Waals surface area (Å²) in [6, 6.07) is 12.5. The SMILES string of the molecule is Cc1cccc(C)c1NC(=O)CON=C(N)CC(=O)Nc1ccccc1Cl. The monoisotopic (exact) mass is 388 g/mol. The summed E-state index contributed by atoms with van der Waals surface area (Å²) in [6.07, 6.45) is -0.191. The molecule has 2 amide bonds. The minimum atomic E-state index is -0.395. The molecule has 0 saturated carbocycles. The molecular weight excluding hydrogens is 368 g/mol. The smallest absolute Gasteiger partial charge is 0.265 e. The van der Waals surface area contributed by atoms with Gasteiger partial charge in [0.25, 0.3) is 5.91 Å². The summed E-state index contributed by atoms with van der Waals surface area (Å²) in [4.78, 5) is 28.8. The number of para-hydroxylation sites is 2. The van der Waals surface area contributed by atoms with Crippen molar-refractivity contribution in [1.29, 1.82) is 0 Å². The molecule has 2 aromatic carbocycles. The summed E-state index contributed by atoms with van der Waals surface area (Å²) in [5.74, 6) is -0.822. The summed E-state index contributed by atoms with van der Waals surface area (Å²) < 4.78 is 0. The number of rotatable bonds is 7. The molecule has 0 aliphatic carbocycles. The number of anilines is 2. The fourth-order valence-electron chi connectivity index (χ4n) is 2.31. The molecule has 0 fully saturated rings. The second-order valence-electron chi connectivity index (χ2n) is 5.88. The lowest BCUT2D eigenvalue weighted by molar-refractivity contribution is -0.120.